The van der Waals surface area contributed by atoms with Crippen molar-refractivity contribution in [2.75, 3.05) is 11.9 Å². The maximum absolute atomic E-state index is 14.1. The number of ether oxygens (including phenoxy) is 1. The van der Waals surface area contributed by atoms with E-state index in [1.165, 1.54) is 16.8 Å². The first kappa shape index (κ1) is 16.7. The van der Waals surface area contributed by atoms with Crippen molar-refractivity contribution in [2.24, 2.45) is 7.05 Å². The topological polar surface area (TPSA) is 60.3 Å². The normalized spacial score (nSPS) is 10.5. The monoisotopic (exact) mass is 318 g/mol. The van der Waals surface area contributed by atoms with E-state index in [9.17, 15) is 14.0 Å². The molecule has 23 heavy (non-hydrogen) atoms. The molecular formula is C17H19FN2O3. The molecule has 0 aliphatic carbocycles. The molecule has 5 nitrogen and oxygen atoms in total. The molecule has 0 saturated heterocycles. The summed E-state index contributed by atoms with van der Waals surface area (Å²) < 4.78 is 20.4. The van der Waals surface area contributed by atoms with Crippen molar-refractivity contribution >= 4 is 17.3 Å². The smallest absolute Gasteiger partial charge is 0.341 e. The van der Waals surface area contributed by atoms with Gasteiger partial charge in [0.25, 0.3) is 5.56 Å². The lowest BCUT2D eigenvalue weighted by atomic mass is 10.1. The van der Waals surface area contributed by atoms with Gasteiger partial charge in [-0.3, -0.25) is 4.79 Å². The number of carbonyl (C=O) groups excluding carboxylic acids is 1. The van der Waals surface area contributed by atoms with Crippen LogP contribution in [0, 0.1) is 19.7 Å². The van der Waals surface area contributed by atoms with Gasteiger partial charge in [0.1, 0.15) is 5.82 Å². The number of halogens is 1. The minimum Gasteiger partial charge on any atom is -0.462 e. The largest absolute Gasteiger partial charge is 0.462 e. The molecule has 0 fully saturated rings. The highest BCUT2D eigenvalue weighted by atomic mass is 19.1. The van der Waals surface area contributed by atoms with E-state index in [4.69, 9.17) is 4.74 Å². The van der Waals surface area contributed by atoms with Gasteiger partial charge in [0.05, 0.1) is 23.5 Å². The molecule has 6 heteroatoms. The van der Waals surface area contributed by atoms with Crippen molar-refractivity contribution in [3.8, 4) is 0 Å². The number of benzene rings is 1. The van der Waals surface area contributed by atoms with Crippen molar-refractivity contribution in [1.29, 1.82) is 0 Å². The molecule has 0 amide bonds. The molecule has 122 valence electrons. The Morgan fingerprint density at radius 3 is 2.65 bits per heavy atom. The lowest BCUT2D eigenvalue weighted by molar-refractivity contribution is 0.0526. The molecule has 0 bridgehead atoms. The lowest BCUT2D eigenvalue weighted by Crippen LogP contribution is -2.24. The molecular weight excluding hydrogens is 299 g/mol. The van der Waals surface area contributed by atoms with Crippen LogP contribution in [0.3, 0.4) is 0 Å². The fourth-order valence-corrected chi connectivity index (χ4v) is 2.27. The Kier molecular flexibility index (Phi) is 4.83. The average Bonchev–Trinajstić information content (AvgIpc) is 2.50. The van der Waals surface area contributed by atoms with Crippen LogP contribution < -0.4 is 10.9 Å². The second-order valence-corrected chi connectivity index (χ2v) is 5.29. The first-order chi connectivity index (χ1) is 10.8. The third kappa shape index (κ3) is 3.41. The molecule has 2 rings (SSSR count). The summed E-state index contributed by atoms with van der Waals surface area (Å²) in [5, 5.41) is 2.85. The van der Waals surface area contributed by atoms with Gasteiger partial charge in [-0.15, -0.1) is 0 Å². The zero-order valence-corrected chi connectivity index (χ0v) is 13.6. The first-order valence-electron chi connectivity index (χ1n) is 7.25. The molecule has 0 spiro atoms. The SMILES string of the molecule is CCOC(=O)c1cn(C)c(=O)c(C)c1Nc1ccc(C)cc1F. The van der Waals surface area contributed by atoms with E-state index >= 15 is 0 Å². The molecule has 0 aliphatic heterocycles. The number of rotatable bonds is 4. The summed E-state index contributed by atoms with van der Waals surface area (Å²) in [7, 11) is 1.55. The Morgan fingerprint density at radius 2 is 2.04 bits per heavy atom. The predicted octanol–water partition coefficient (Wildman–Crippen LogP) is 3.06. The van der Waals surface area contributed by atoms with E-state index in [2.05, 4.69) is 5.32 Å². The van der Waals surface area contributed by atoms with Gasteiger partial charge in [-0.25, -0.2) is 9.18 Å². The van der Waals surface area contributed by atoms with Crippen LogP contribution in [0.15, 0.2) is 29.2 Å². The van der Waals surface area contributed by atoms with E-state index in [1.807, 2.05) is 0 Å². The predicted molar refractivity (Wildman–Crippen MR) is 86.8 cm³/mol. The Morgan fingerprint density at radius 1 is 1.35 bits per heavy atom. The van der Waals surface area contributed by atoms with E-state index in [0.717, 1.165) is 5.56 Å². The minimum atomic E-state index is -0.568. The van der Waals surface area contributed by atoms with E-state index < -0.39 is 11.8 Å². The van der Waals surface area contributed by atoms with Gasteiger partial charge < -0.3 is 14.6 Å². The van der Waals surface area contributed by atoms with Gasteiger partial charge in [-0.2, -0.15) is 0 Å². The summed E-state index contributed by atoms with van der Waals surface area (Å²) in [4.78, 5) is 24.3. The number of anilines is 2. The zero-order valence-electron chi connectivity index (χ0n) is 13.6. The van der Waals surface area contributed by atoms with Crippen molar-refractivity contribution < 1.29 is 13.9 Å². The zero-order chi connectivity index (χ0) is 17.1. The van der Waals surface area contributed by atoms with Crippen molar-refractivity contribution in [3.63, 3.8) is 0 Å². The third-order valence-corrected chi connectivity index (χ3v) is 3.49. The number of nitrogens with one attached hydrogen (secondary N) is 1. The highest BCUT2D eigenvalue weighted by molar-refractivity contribution is 5.97. The number of esters is 1. The summed E-state index contributed by atoms with van der Waals surface area (Å²) in [6, 6.07) is 4.69. The molecule has 1 N–H and O–H groups in total. The van der Waals surface area contributed by atoms with Crippen LogP contribution in [0.4, 0.5) is 15.8 Å². The van der Waals surface area contributed by atoms with Crippen LogP contribution in [0.25, 0.3) is 0 Å². The van der Waals surface area contributed by atoms with Gasteiger partial charge in [-0.1, -0.05) is 6.07 Å². The van der Waals surface area contributed by atoms with Crippen molar-refractivity contribution in [2.45, 2.75) is 20.8 Å². The standard InChI is InChI=1S/C17H19FN2O3/c1-5-23-17(22)12-9-20(4)16(21)11(3)15(12)19-14-7-6-10(2)8-13(14)18/h6-9,19H,5H2,1-4H3. The molecule has 0 unspecified atom stereocenters. The summed E-state index contributed by atoms with van der Waals surface area (Å²) in [6.07, 6.45) is 1.39. The lowest BCUT2D eigenvalue weighted by Gasteiger charge is -2.16. The van der Waals surface area contributed by atoms with Crippen LogP contribution in [0.2, 0.25) is 0 Å². The number of aryl methyl sites for hydroxylation is 2. The van der Waals surface area contributed by atoms with Gasteiger partial charge in [0.2, 0.25) is 0 Å². The van der Waals surface area contributed by atoms with Crippen LogP contribution in [0.5, 0.6) is 0 Å². The highest BCUT2D eigenvalue weighted by Crippen LogP contribution is 2.26. The van der Waals surface area contributed by atoms with Gasteiger partial charge in [0, 0.05) is 18.8 Å². The molecule has 1 aromatic heterocycles. The Bertz CT molecular complexity index is 812. The minimum absolute atomic E-state index is 0.187. The summed E-state index contributed by atoms with van der Waals surface area (Å²) >= 11 is 0. The number of nitrogens with zero attached hydrogens (tertiary/aromatic N) is 1. The fourth-order valence-electron chi connectivity index (χ4n) is 2.27. The summed E-state index contributed by atoms with van der Waals surface area (Å²) in [6.45, 7) is 5.26. The fraction of sp³-hybridized carbons (Fsp3) is 0.294. The van der Waals surface area contributed by atoms with Crippen LogP contribution in [0.1, 0.15) is 28.4 Å². The molecule has 0 aliphatic rings. The second kappa shape index (κ2) is 6.64. The average molecular weight is 318 g/mol. The van der Waals surface area contributed by atoms with Gasteiger partial charge in [0.15, 0.2) is 0 Å². The van der Waals surface area contributed by atoms with E-state index in [0.29, 0.717) is 5.56 Å². The van der Waals surface area contributed by atoms with Gasteiger partial charge >= 0.3 is 5.97 Å². The van der Waals surface area contributed by atoms with E-state index in [-0.39, 0.29) is 29.1 Å². The van der Waals surface area contributed by atoms with Crippen molar-refractivity contribution in [1.82, 2.24) is 4.57 Å². The quantitative estimate of drug-likeness (QED) is 0.880. The maximum Gasteiger partial charge on any atom is 0.341 e. The Hall–Kier alpha value is -2.63. The Labute approximate surface area is 133 Å². The van der Waals surface area contributed by atoms with Crippen LogP contribution >= 0.6 is 0 Å². The molecule has 1 heterocycles. The third-order valence-electron chi connectivity index (χ3n) is 3.49. The summed E-state index contributed by atoms with van der Waals surface area (Å²) in [5.41, 5.74) is 1.46. The van der Waals surface area contributed by atoms with Crippen LogP contribution in [-0.2, 0) is 11.8 Å². The molecule has 0 atom stereocenters. The number of hydrogen-bond acceptors (Lipinski definition) is 4. The molecule has 1 aromatic carbocycles. The van der Waals surface area contributed by atoms with Crippen LogP contribution in [-0.4, -0.2) is 17.1 Å². The second-order valence-electron chi connectivity index (χ2n) is 5.29. The first-order valence-corrected chi connectivity index (χ1v) is 7.25. The number of aromatic nitrogens is 1. The highest BCUT2D eigenvalue weighted by Gasteiger charge is 2.19. The van der Waals surface area contributed by atoms with E-state index in [1.54, 1.807) is 40.0 Å². The van der Waals surface area contributed by atoms with Crippen molar-refractivity contribution in [3.05, 3.63) is 57.3 Å². The Balaban J connectivity index is 2.57. The molecule has 2 aromatic rings. The number of carbonyl (C=O) groups is 1. The maximum atomic E-state index is 14.1. The number of hydrogen-bond donors (Lipinski definition) is 1. The molecule has 0 radical (unpaired) electrons. The molecule has 0 saturated carbocycles. The van der Waals surface area contributed by atoms with Gasteiger partial charge in [-0.05, 0) is 38.5 Å². The summed E-state index contributed by atoms with van der Waals surface area (Å²) in [5.74, 6) is -1.03. The number of pyridine rings is 1.